The number of nitrogens with one attached hydrogen (secondary N) is 1. The molecule has 1 atom stereocenters. The SMILES string of the molecule is Cc1ccc(Cn2nc(C)c(C(=O)NC3CCS(=O)(=O)C3)c2Cl)cc1. The van der Waals surface area contributed by atoms with Gasteiger partial charge < -0.3 is 5.32 Å². The van der Waals surface area contributed by atoms with E-state index in [1.165, 1.54) is 0 Å². The molecule has 1 unspecified atom stereocenters. The van der Waals surface area contributed by atoms with Gasteiger partial charge in [-0.05, 0) is 25.8 Å². The first kappa shape index (κ1) is 17.9. The Bertz CT molecular complexity index is 904. The average molecular weight is 382 g/mol. The van der Waals surface area contributed by atoms with E-state index < -0.39 is 9.84 Å². The van der Waals surface area contributed by atoms with Gasteiger partial charge in [0, 0.05) is 6.04 Å². The molecule has 0 spiro atoms. The molecule has 1 amide bonds. The normalized spacial score (nSPS) is 19.1. The number of rotatable bonds is 4. The number of halogens is 1. The summed E-state index contributed by atoms with van der Waals surface area (Å²) in [7, 11) is -3.05. The predicted molar refractivity (Wildman–Crippen MR) is 96.8 cm³/mol. The third-order valence-electron chi connectivity index (χ3n) is 4.31. The van der Waals surface area contributed by atoms with Gasteiger partial charge in [-0.2, -0.15) is 5.10 Å². The molecule has 0 radical (unpaired) electrons. The van der Waals surface area contributed by atoms with Crippen molar-refractivity contribution in [3.63, 3.8) is 0 Å². The maximum Gasteiger partial charge on any atom is 0.256 e. The Labute approximate surface area is 152 Å². The summed E-state index contributed by atoms with van der Waals surface area (Å²) < 4.78 is 24.6. The van der Waals surface area contributed by atoms with Crippen molar-refractivity contribution in [2.75, 3.05) is 11.5 Å². The molecule has 3 rings (SSSR count). The zero-order chi connectivity index (χ0) is 18.2. The number of aromatic nitrogens is 2. The zero-order valence-electron chi connectivity index (χ0n) is 14.1. The number of nitrogens with zero attached hydrogens (tertiary/aromatic N) is 2. The molecule has 8 heteroatoms. The average Bonchev–Trinajstić information content (AvgIpc) is 3.00. The van der Waals surface area contributed by atoms with Crippen molar-refractivity contribution in [2.24, 2.45) is 0 Å². The molecule has 6 nitrogen and oxygen atoms in total. The van der Waals surface area contributed by atoms with E-state index in [9.17, 15) is 13.2 Å². The maximum absolute atomic E-state index is 12.5. The molecule has 1 saturated heterocycles. The monoisotopic (exact) mass is 381 g/mol. The fourth-order valence-corrected chi connectivity index (χ4v) is 4.94. The third-order valence-corrected chi connectivity index (χ3v) is 6.47. The van der Waals surface area contributed by atoms with Crippen LogP contribution in [0.25, 0.3) is 0 Å². The molecule has 0 saturated carbocycles. The molecule has 1 aliphatic rings. The highest BCUT2D eigenvalue weighted by molar-refractivity contribution is 7.91. The molecule has 1 aromatic carbocycles. The number of carbonyl (C=O) groups is 1. The fourth-order valence-electron chi connectivity index (χ4n) is 2.95. The molecule has 1 aliphatic heterocycles. The van der Waals surface area contributed by atoms with E-state index in [1.54, 1.807) is 11.6 Å². The van der Waals surface area contributed by atoms with Gasteiger partial charge in [0.25, 0.3) is 5.91 Å². The van der Waals surface area contributed by atoms with Crippen molar-refractivity contribution in [1.82, 2.24) is 15.1 Å². The molecule has 1 fully saturated rings. The van der Waals surface area contributed by atoms with Gasteiger partial charge >= 0.3 is 0 Å². The lowest BCUT2D eigenvalue weighted by Gasteiger charge is -2.10. The quantitative estimate of drug-likeness (QED) is 0.879. The van der Waals surface area contributed by atoms with Gasteiger partial charge in [0.15, 0.2) is 9.84 Å². The Kier molecular flexibility index (Phi) is 4.88. The first-order valence-corrected chi connectivity index (χ1v) is 10.2. The van der Waals surface area contributed by atoms with Gasteiger partial charge in [-0.15, -0.1) is 0 Å². The van der Waals surface area contributed by atoms with Crippen LogP contribution in [0.5, 0.6) is 0 Å². The van der Waals surface area contributed by atoms with Crippen LogP contribution in [0.15, 0.2) is 24.3 Å². The summed E-state index contributed by atoms with van der Waals surface area (Å²) >= 11 is 6.37. The summed E-state index contributed by atoms with van der Waals surface area (Å²) in [6, 6.07) is 7.63. The number of hydrogen-bond acceptors (Lipinski definition) is 4. The Morgan fingerprint density at radius 3 is 2.60 bits per heavy atom. The molecule has 2 aromatic rings. The summed E-state index contributed by atoms with van der Waals surface area (Å²) in [6.07, 6.45) is 0.433. The van der Waals surface area contributed by atoms with E-state index in [0.717, 1.165) is 11.1 Å². The second-order valence-corrected chi connectivity index (χ2v) is 9.05. The number of aryl methyl sites for hydroxylation is 2. The Morgan fingerprint density at radius 1 is 1.32 bits per heavy atom. The molecule has 1 aromatic heterocycles. The van der Waals surface area contributed by atoms with Crippen LogP contribution in [0.4, 0.5) is 0 Å². The van der Waals surface area contributed by atoms with Crippen molar-refractivity contribution in [1.29, 1.82) is 0 Å². The summed E-state index contributed by atoms with van der Waals surface area (Å²) in [5.74, 6) is -0.288. The van der Waals surface area contributed by atoms with Crippen LogP contribution in [0.2, 0.25) is 5.15 Å². The fraction of sp³-hybridized carbons (Fsp3) is 0.412. The van der Waals surface area contributed by atoms with E-state index in [4.69, 9.17) is 11.6 Å². The van der Waals surface area contributed by atoms with E-state index in [0.29, 0.717) is 24.2 Å². The smallest absolute Gasteiger partial charge is 0.256 e. The van der Waals surface area contributed by atoms with Crippen LogP contribution in [-0.2, 0) is 16.4 Å². The van der Waals surface area contributed by atoms with Gasteiger partial charge in [-0.3, -0.25) is 4.79 Å². The summed E-state index contributed by atoms with van der Waals surface area (Å²) in [5.41, 5.74) is 3.02. The standard InChI is InChI=1S/C17H20ClN3O3S/c1-11-3-5-13(6-4-11)9-21-16(18)15(12(2)20-21)17(22)19-14-7-8-25(23,24)10-14/h3-6,14H,7-10H2,1-2H3,(H,19,22). The van der Waals surface area contributed by atoms with Crippen molar-refractivity contribution in [3.8, 4) is 0 Å². The minimum Gasteiger partial charge on any atom is -0.348 e. The Morgan fingerprint density at radius 2 is 2.00 bits per heavy atom. The lowest BCUT2D eigenvalue weighted by Crippen LogP contribution is -2.35. The van der Waals surface area contributed by atoms with E-state index in [1.807, 2.05) is 31.2 Å². The molecular weight excluding hydrogens is 362 g/mol. The number of sulfone groups is 1. The summed E-state index contributed by atoms with van der Waals surface area (Å²) in [4.78, 5) is 12.5. The zero-order valence-corrected chi connectivity index (χ0v) is 15.7. The molecule has 0 aliphatic carbocycles. The second kappa shape index (κ2) is 6.80. The molecule has 134 valence electrons. The minimum atomic E-state index is -3.05. The van der Waals surface area contributed by atoms with Crippen LogP contribution in [0.1, 0.15) is 33.6 Å². The van der Waals surface area contributed by atoms with Gasteiger partial charge in [-0.25, -0.2) is 13.1 Å². The van der Waals surface area contributed by atoms with E-state index >= 15 is 0 Å². The summed E-state index contributed by atoms with van der Waals surface area (Å²) in [6.45, 7) is 4.20. The maximum atomic E-state index is 12.5. The number of carbonyl (C=O) groups excluding carboxylic acids is 1. The van der Waals surface area contributed by atoms with Crippen LogP contribution in [0, 0.1) is 13.8 Å². The lowest BCUT2D eigenvalue weighted by atomic mass is 10.1. The largest absolute Gasteiger partial charge is 0.348 e. The molecule has 25 heavy (non-hydrogen) atoms. The summed E-state index contributed by atoms with van der Waals surface area (Å²) in [5, 5.41) is 7.38. The van der Waals surface area contributed by atoms with Crippen LogP contribution < -0.4 is 5.32 Å². The minimum absolute atomic E-state index is 0.0209. The van der Waals surface area contributed by atoms with Crippen LogP contribution >= 0.6 is 11.6 Å². The lowest BCUT2D eigenvalue weighted by molar-refractivity contribution is 0.0940. The molecular formula is C17H20ClN3O3S. The van der Waals surface area contributed by atoms with Gasteiger partial charge in [0.1, 0.15) is 5.15 Å². The van der Waals surface area contributed by atoms with Crippen molar-refractivity contribution in [3.05, 3.63) is 51.8 Å². The molecule has 1 N–H and O–H groups in total. The Hall–Kier alpha value is -1.86. The number of amides is 1. The van der Waals surface area contributed by atoms with E-state index in [2.05, 4.69) is 10.4 Å². The number of benzene rings is 1. The topological polar surface area (TPSA) is 81.1 Å². The second-order valence-electron chi connectivity index (χ2n) is 6.47. The molecule has 2 heterocycles. The Balaban J connectivity index is 1.77. The van der Waals surface area contributed by atoms with Crippen LogP contribution in [0.3, 0.4) is 0 Å². The van der Waals surface area contributed by atoms with Crippen molar-refractivity contribution >= 4 is 27.3 Å². The third kappa shape index (κ3) is 4.04. The number of hydrogen-bond donors (Lipinski definition) is 1. The van der Waals surface area contributed by atoms with Crippen molar-refractivity contribution in [2.45, 2.75) is 32.9 Å². The first-order valence-electron chi connectivity index (χ1n) is 8.05. The van der Waals surface area contributed by atoms with Gasteiger partial charge in [0.05, 0.1) is 29.3 Å². The van der Waals surface area contributed by atoms with Gasteiger partial charge in [-0.1, -0.05) is 41.4 Å². The van der Waals surface area contributed by atoms with E-state index in [-0.39, 0.29) is 28.6 Å². The molecule has 0 bridgehead atoms. The van der Waals surface area contributed by atoms with Crippen molar-refractivity contribution < 1.29 is 13.2 Å². The highest BCUT2D eigenvalue weighted by Crippen LogP contribution is 2.22. The van der Waals surface area contributed by atoms with Gasteiger partial charge in [0.2, 0.25) is 0 Å². The predicted octanol–water partition coefficient (Wildman–Crippen LogP) is 2.12. The highest BCUT2D eigenvalue weighted by atomic mass is 35.5. The first-order chi connectivity index (χ1) is 11.7. The van der Waals surface area contributed by atoms with Crippen LogP contribution in [-0.4, -0.2) is 41.7 Å². The highest BCUT2D eigenvalue weighted by Gasteiger charge is 2.30.